The van der Waals surface area contributed by atoms with E-state index in [-0.39, 0.29) is 30.4 Å². The van der Waals surface area contributed by atoms with Gasteiger partial charge in [0.2, 0.25) is 0 Å². The molecule has 0 atom stereocenters. The van der Waals surface area contributed by atoms with Crippen molar-refractivity contribution in [3.05, 3.63) is 29.3 Å². The van der Waals surface area contributed by atoms with E-state index in [0.717, 1.165) is 25.0 Å². The molecule has 1 aliphatic carbocycles. The first-order valence-electron chi connectivity index (χ1n) is 6.65. The number of benzene rings is 1. The van der Waals surface area contributed by atoms with Gasteiger partial charge in [0.1, 0.15) is 6.54 Å². The number of halogens is 2. The van der Waals surface area contributed by atoms with Crippen molar-refractivity contribution < 1.29 is 23.1 Å². The highest BCUT2D eigenvalue weighted by Gasteiger charge is 2.35. The molecule has 7 heteroatoms. The van der Waals surface area contributed by atoms with Crippen LogP contribution in [-0.2, 0) is 9.53 Å². The van der Waals surface area contributed by atoms with E-state index in [1.807, 2.05) is 0 Å². The minimum absolute atomic E-state index is 0.0885. The first-order valence-corrected chi connectivity index (χ1v) is 6.65. The van der Waals surface area contributed by atoms with Gasteiger partial charge in [-0.25, -0.2) is 8.78 Å². The van der Waals surface area contributed by atoms with Gasteiger partial charge < -0.3 is 15.4 Å². The molecule has 21 heavy (non-hydrogen) atoms. The molecule has 1 aromatic carbocycles. The standard InChI is InChI=1S/C14H16F2N2O3/c1-2-21-13(19)7-18(8-3-4-8)14(20)9-5-10(15)11(16)6-12(9)17/h5-6,8H,2-4,7,17H2,1H3. The maximum absolute atomic E-state index is 13.3. The lowest BCUT2D eigenvalue weighted by Gasteiger charge is -2.22. The van der Waals surface area contributed by atoms with Gasteiger partial charge in [0.15, 0.2) is 11.6 Å². The van der Waals surface area contributed by atoms with Crippen LogP contribution < -0.4 is 5.73 Å². The van der Waals surface area contributed by atoms with Gasteiger partial charge in [-0.05, 0) is 25.8 Å². The fourth-order valence-corrected chi connectivity index (χ4v) is 2.00. The summed E-state index contributed by atoms with van der Waals surface area (Å²) in [4.78, 5) is 25.2. The lowest BCUT2D eigenvalue weighted by Crippen LogP contribution is -2.38. The summed E-state index contributed by atoms with van der Waals surface area (Å²) in [6, 6.07) is 1.43. The molecule has 5 nitrogen and oxygen atoms in total. The SMILES string of the molecule is CCOC(=O)CN(C(=O)c1cc(F)c(F)cc1N)C1CC1. The Morgan fingerprint density at radius 1 is 1.33 bits per heavy atom. The molecule has 114 valence electrons. The monoisotopic (exact) mass is 298 g/mol. The van der Waals surface area contributed by atoms with Crippen LogP contribution in [0.2, 0.25) is 0 Å². The fraction of sp³-hybridized carbons (Fsp3) is 0.429. The molecule has 1 aromatic rings. The maximum atomic E-state index is 13.3. The van der Waals surface area contributed by atoms with Crippen LogP contribution in [0.25, 0.3) is 0 Å². The Labute approximate surface area is 120 Å². The molecule has 0 saturated heterocycles. The van der Waals surface area contributed by atoms with Crippen LogP contribution in [0.15, 0.2) is 12.1 Å². The Hall–Kier alpha value is -2.18. The van der Waals surface area contributed by atoms with Crippen LogP contribution in [0.5, 0.6) is 0 Å². The highest BCUT2D eigenvalue weighted by molar-refractivity contribution is 6.00. The molecule has 2 rings (SSSR count). The minimum atomic E-state index is -1.15. The second-order valence-electron chi connectivity index (χ2n) is 4.82. The first-order chi connectivity index (χ1) is 9.93. The Kier molecular flexibility index (Phi) is 4.40. The van der Waals surface area contributed by atoms with E-state index < -0.39 is 23.5 Å². The van der Waals surface area contributed by atoms with Crippen molar-refractivity contribution in [2.24, 2.45) is 0 Å². The summed E-state index contributed by atoms with van der Waals surface area (Å²) in [5, 5.41) is 0. The van der Waals surface area contributed by atoms with Crippen LogP contribution in [-0.4, -0.2) is 36.0 Å². The molecule has 0 aliphatic heterocycles. The number of amides is 1. The number of hydrogen-bond donors (Lipinski definition) is 1. The van der Waals surface area contributed by atoms with Crippen molar-refractivity contribution in [3.8, 4) is 0 Å². The second-order valence-corrected chi connectivity index (χ2v) is 4.82. The maximum Gasteiger partial charge on any atom is 0.325 e. The van der Waals surface area contributed by atoms with E-state index in [4.69, 9.17) is 10.5 Å². The molecule has 0 heterocycles. The molecule has 1 saturated carbocycles. The molecule has 1 amide bonds. The zero-order valence-corrected chi connectivity index (χ0v) is 11.6. The molecule has 0 unspecified atom stereocenters. The molecule has 0 bridgehead atoms. The Morgan fingerprint density at radius 3 is 2.52 bits per heavy atom. The summed E-state index contributed by atoms with van der Waals surface area (Å²) >= 11 is 0. The average molecular weight is 298 g/mol. The van der Waals surface area contributed by atoms with Gasteiger partial charge in [0, 0.05) is 17.8 Å². The minimum Gasteiger partial charge on any atom is -0.465 e. The van der Waals surface area contributed by atoms with E-state index >= 15 is 0 Å². The third kappa shape index (κ3) is 3.48. The van der Waals surface area contributed by atoms with Crippen LogP contribution in [0.3, 0.4) is 0 Å². The van der Waals surface area contributed by atoms with E-state index in [1.165, 1.54) is 4.90 Å². The predicted molar refractivity (Wildman–Crippen MR) is 71.5 cm³/mol. The van der Waals surface area contributed by atoms with Crippen molar-refractivity contribution in [3.63, 3.8) is 0 Å². The van der Waals surface area contributed by atoms with Crippen molar-refractivity contribution in [2.75, 3.05) is 18.9 Å². The topological polar surface area (TPSA) is 72.6 Å². The molecule has 0 spiro atoms. The summed E-state index contributed by atoms with van der Waals surface area (Å²) in [6.45, 7) is 1.64. The number of nitrogen functional groups attached to an aromatic ring is 1. The van der Waals surface area contributed by atoms with Gasteiger partial charge in [-0.1, -0.05) is 0 Å². The molecular formula is C14H16F2N2O3. The van der Waals surface area contributed by atoms with Crippen LogP contribution in [0.1, 0.15) is 30.1 Å². The zero-order valence-electron chi connectivity index (χ0n) is 11.6. The second kappa shape index (κ2) is 6.07. The highest BCUT2D eigenvalue weighted by Crippen LogP contribution is 2.29. The fourth-order valence-electron chi connectivity index (χ4n) is 2.00. The van der Waals surface area contributed by atoms with Gasteiger partial charge in [0.05, 0.1) is 12.2 Å². The van der Waals surface area contributed by atoms with Gasteiger partial charge in [-0.3, -0.25) is 9.59 Å². The predicted octanol–water partition coefficient (Wildman–Crippen LogP) is 1.71. The van der Waals surface area contributed by atoms with E-state index in [0.29, 0.717) is 0 Å². The largest absolute Gasteiger partial charge is 0.465 e. The number of ether oxygens (including phenoxy) is 1. The van der Waals surface area contributed by atoms with Crippen molar-refractivity contribution >= 4 is 17.6 Å². The Balaban J connectivity index is 2.22. The Bertz CT molecular complexity index is 574. The summed E-state index contributed by atoms with van der Waals surface area (Å²) in [5.74, 6) is -3.41. The van der Waals surface area contributed by atoms with Gasteiger partial charge in [-0.15, -0.1) is 0 Å². The molecule has 0 aromatic heterocycles. The third-order valence-electron chi connectivity index (χ3n) is 3.18. The highest BCUT2D eigenvalue weighted by atomic mass is 19.2. The number of esters is 1. The third-order valence-corrected chi connectivity index (χ3v) is 3.18. The lowest BCUT2D eigenvalue weighted by molar-refractivity contribution is -0.144. The van der Waals surface area contributed by atoms with E-state index in [1.54, 1.807) is 6.92 Å². The van der Waals surface area contributed by atoms with Crippen LogP contribution in [0.4, 0.5) is 14.5 Å². The average Bonchev–Trinajstić information content (AvgIpc) is 3.24. The molecule has 2 N–H and O–H groups in total. The summed E-state index contributed by atoms with van der Waals surface area (Å²) < 4.78 is 31.2. The molecule has 0 radical (unpaired) electrons. The van der Waals surface area contributed by atoms with Gasteiger partial charge in [-0.2, -0.15) is 0 Å². The lowest BCUT2D eigenvalue weighted by atomic mass is 10.1. The quantitative estimate of drug-likeness (QED) is 0.663. The number of carbonyl (C=O) groups is 2. The summed E-state index contributed by atoms with van der Waals surface area (Å²) in [6.07, 6.45) is 1.52. The Morgan fingerprint density at radius 2 is 1.95 bits per heavy atom. The van der Waals surface area contributed by atoms with Crippen LogP contribution in [0, 0.1) is 11.6 Å². The number of anilines is 1. The molecule has 1 aliphatic rings. The van der Waals surface area contributed by atoms with E-state index in [2.05, 4.69) is 0 Å². The number of carbonyl (C=O) groups excluding carboxylic acids is 2. The summed E-state index contributed by atoms with van der Waals surface area (Å²) in [5.41, 5.74) is 5.26. The number of nitrogens with zero attached hydrogens (tertiary/aromatic N) is 1. The molecular weight excluding hydrogens is 282 g/mol. The normalized spacial score (nSPS) is 13.9. The number of hydrogen-bond acceptors (Lipinski definition) is 4. The van der Waals surface area contributed by atoms with Gasteiger partial charge >= 0.3 is 5.97 Å². The van der Waals surface area contributed by atoms with Crippen molar-refractivity contribution in [1.29, 1.82) is 0 Å². The van der Waals surface area contributed by atoms with Crippen molar-refractivity contribution in [2.45, 2.75) is 25.8 Å². The first kappa shape index (κ1) is 15.2. The number of rotatable bonds is 5. The van der Waals surface area contributed by atoms with Crippen molar-refractivity contribution in [1.82, 2.24) is 4.90 Å². The molecule has 1 fully saturated rings. The summed E-state index contributed by atoms with van der Waals surface area (Å²) in [7, 11) is 0. The van der Waals surface area contributed by atoms with Crippen LogP contribution >= 0.6 is 0 Å². The zero-order chi connectivity index (χ0) is 15.6. The number of nitrogens with two attached hydrogens (primary N) is 1. The van der Waals surface area contributed by atoms with E-state index in [9.17, 15) is 18.4 Å². The smallest absolute Gasteiger partial charge is 0.325 e. The van der Waals surface area contributed by atoms with Gasteiger partial charge in [0.25, 0.3) is 5.91 Å².